The van der Waals surface area contributed by atoms with E-state index in [1.165, 1.54) is 0 Å². The highest BCUT2D eigenvalue weighted by Gasteiger charge is 2.06. The first kappa shape index (κ1) is 11.2. The summed E-state index contributed by atoms with van der Waals surface area (Å²) >= 11 is 0. The van der Waals surface area contributed by atoms with Crippen molar-refractivity contribution in [2.24, 2.45) is 5.92 Å². The summed E-state index contributed by atoms with van der Waals surface area (Å²) in [7, 11) is 0. The Balaban J connectivity index is 2.35. The number of nitrogens with zero attached hydrogens (tertiary/aromatic N) is 2. The van der Waals surface area contributed by atoms with Crippen LogP contribution in [-0.2, 0) is 13.0 Å². The van der Waals surface area contributed by atoms with Gasteiger partial charge in [-0.15, -0.1) is 10.2 Å². The summed E-state index contributed by atoms with van der Waals surface area (Å²) in [6, 6.07) is 0. The fourth-order valence-electron chi connectivity index (χ4n) is 1.16. The summed E-state index contributed by atoms with van der Waals surface area (Å²) in [5.41, 5.74) is 0. The predicted molar refractivity (Wildman–Crippen MR) is 54.8 cm³/mol. The average Bonchev–Trinajstić information content (AvgIpc) is 2.52. The van der Waals surface area contributed by atoms with E-state index < -0.39 is 0 Å². The molecule has 4 nitrogen and oxygen atoms in total. The molecule has 0 aliphatic rings. The van der Waals surface area contributed by atoms with E-state index in [1.807, 2.05) is 0 Å². The summed E-state index contributed by atoms with van der Waals surface area (Å²) in [5, 5.41) is 11.2. The van der Waals surface area contributed by atoms with Crippen molar-refractivity contribution < 1.29 is 4.42 Å². The van der Waals surface area contributed by atoms with Crippen LogP contribution in [0.25, 0.3) is 0 Å². The van der Waals surface area contributed by atoms with E-state index in [-0.39, 0.29) is 0 Å². The Hall–Kier alpha value is -0.900. The molecule has 0 aliphatic heterocycles. The van der Waals surface area contributed by atoms with Gasteiger partial charge in [0.05, 0.1) is 6.54 Å². The molecule has 1 rings (SSSR count). The average molecular weight is 197 g/mol. The Bertz CT molecular complexity index is 258. The maximum absolute atomic E-state index is 5.46. The fourth-order valence-corrected chi connectivity index (χ4v) is 1.16. The van der Waals surface area contributed by atoms with Crippen molar-refractivity contribution in [3.05, 3.63) is 11.8 Å². The van der Waals surface area contributed by atoms with E-state index in [2.05, 4.69) is 36.3 Å². The lowest BCUT2D eigenvalue weighted by molar-refractivity contribution is 0.413. The van der Waals surface area contributed by atoms with Gasteiger partial charge >= 0.3 is 0 Å². The smallest absolute Gasteiger partial charge is 0.230 e. The van der Waals surface area contributed by atoms with Crippen LogP contribution in [0.2, 0.25) is 0 Å². The normalized spacial score (nSPS) is 11.1. The Morgan fingerprint density at radius 2 is 2.00 bits per heavy atom. The van der Waals surface area contributed by atoms with Crippen molar-refractivity contribution in [2.75, 3.05) is 6.54 Å². The number of nitrogens with one attached hydrogen (secondary N) is 1. The van der Waals surface area contributed by atoms with Crippen LogP contribution in [0.5, 0.6) is 0 Å². The van der Waals surface area contributed by atoms with Crippen molar-refractivity contribution in [3.8, 4) is 0 Å². The van der Waals surface area contributed by atoms with Gasteiger partial charge in [-0.1, -0.05) is 20.8 Å². The third-order valence-corrected chi connectivity index (χ3v) is 1.79. The van der Waals surface area contributed by atoms with Crippen molar-refractivity contribution in [1.29, 1.82) is 0 Å². The third-order valence-electron chi connectivity index (χ3n) is 1.79. The van der Waals surface area contributed by atoms with Gasteiger partial charge in [-0.25, -0.2) is 0 Å². The van der Waals surface area contributed by atoms with Crippen molar-refractivity contribution in [2.45, 2.75) is 40.2 Å². The molecular formula is C10H19N3O. The van der Waals surface area contributed by atoms with Crippen LogP contribution < -0.4 is 5.32 Å². The molecule has 0 amide bonds. The molecule has 0 aliphatic carbocycles. The lowest BCUT2D eigenvalue weighted by atomic mass is 10.1. The molecule has 0 saturated carbocycles. The van der Waals surface area contributed by atoms with Crippen LogP contribution in [0.1, 0.15) is 39.0 Å². The van der Waals surface area contributed by atoms with Crippen LogP contribution >= 0.6 is 0 Å². The molecule has 0 saturated heterocycles. The lowest BCUT2D eigenvalue weighted by Gasteiger charge is -1.98. The molecule has 0 unspecified atom stereocenters. The first-order valence-corrected chi connectivity index (χ1v) is 5.24. The van der Waals surface area contributed by atoms with Gasteiger partial charge in [0.2, 0.25) is 11.8 Å². The van der Waals surface area contributed by atoms with E-state index in [0.29, 0.717) is 18.4 Å². The van der Waals surface area contributed by atoms with Crippen LogP contribution in [-0.4, -0.2) is 16.7 Å². The third kappa shape index (κ3) is 3.87. The summed E-state index contributed by atoms with van der Waals surface area (Å²) < 4.78 is 5.46. The topological polar surface area (TPSA) is 51.0 Å². The SMILES string of the molecule is CCCNCc1nnc(CC(C)C)o1. The molecule has 0 spiro atoms. The van der Waals surface area contributed by atoms with Crippen LogP contribution in [0, 0.1) is 5.92 Å². The standard InChI is InChI=1S/C10H19N3O/c1-4-5-11-7-10-13-12-9(14-10)6-8(2)3/h8,11H,4-7H2,1-3H3. The van der Waals surface area contributed by atoms with Crippen molar-refractivity contribution in [3.63, 3.8) is 0 Å². The number of hydrogen-bond donors (Lipinski definition) is 1. The summed E-state index contributed by atoms with van der Waals surface area (Å²) in [6.07, 6.45) is 1.98. The molecule has 1 N–H and O–H groups in total. The van der Waals surface area contributed by atoms with Gasteiger partial charge in [0, 0.05) is 6.42 Å². The van der Waals surface area contributed by atoms with Gasteiger partial charge in [-0.3, -0.25) is 0 Å². The van der Waals surface area contributed by atoms with Gasteiger partial charge in [0.15, 0.2) is 0 Å². The Morgan fingerprint density at radius 3 is 2.64 bits per heavy atom. The van der Waals surface area contributed by atoms with Crippen LogP contribution in [0.3, 0.4) is 0 Å². The van der Waals surface area contributed by atoms with Crippen LogP contribution in [0.4, 0.5) is 0 Å². The molecule has 0 bridgehead atoms. The molecule has 0 atom stereocenters. The molecule has 0 fully saturated rings. The van der Waals surface area contributed by atoms with E-state index in [1.54, 1.807) is 0 Å². The first-order chi connectivity index (χ1) is 6.72. The summed E-state index contributed by atoms with van der Waals surface area (Å²) in [6.45, 7) is 8.07. The van der Waals surface area contributed by atoms with E-state index in [0.717, 1.165) is 25.3 Å². The zero-order chi connectivity index (χ0) is 10.4. The Morgan fingerprint density at radius 1 is 1.29 bits per heavy atom. The highest BCUT2D eigenvalue weighted by molar-refractivity contribution is 4.82. The minimum absolute atomic E-state index is 0.562. The second-order valence-corrected chi connectivity index (χ2v) is 3.86. The zero-order valence-corrected chi connectivity index (χ0v) is 9.21. The molecule has 1 heterocycles. The molecule has 14 heavy (non-hydrogen) atoms. The molecule has 4 heteroatoms. The van der Waals surface area contributed by atoms with E-state index in [4.69, 9.17) is 4.42 Å². The summed E-state index contributed by atoms with van der Waals surface area (Å²) in [5.74, 6) is 1.99. The molecule has 80 valence electrons. The van der Waals surface area contributed by atoms with Gasteiger partial charge in [0.1, 0.15) is 0 Å². The van der Waals surface area contributed by atoms with E-state index >= 15 is 0 Å². The Kier molecular flexibility index (Phi) is 4.59. The van der Waals surface area contributed by atoms with E-state index in [9.17, 15) is 0 Å². The molecule has 0 aromatic carbocycles. The fraction of sp³-hybridized carbons (Fsp3) is 0.800. The van der Waals surface area contributed by atoms with Gasteiger partial charge in [-0.2, -0.15) is 0 Å². The lowest BCUT2D eigenvalue weighted by Crippen LogP contribution is -2.13. The highest BCUT2D eigenvalue weighted by Crippen LogP contribution is 2.06. The maximum Gasteiger partial charge on any atom is 0.230 e. The number of rotatable bonds is 6. The van der Waals surface area contributed by atoms with Gasteiger partial charge < -0.3 is 9.73 Å². The second kappa shape index (κ2) is 5.75. The monoisotopic (exact) mass is 197 g/mol. The van der Waals surface area contributed by atoms with Crippen molar-refractivity contribution in [1.82, 2.24) is 15.5 Å². The minimum Gasteiger partial charge on any atom is -0.424 e. The maximum atomic E-state index is 5.46. The molecule has 0 radical (unpaired) electrons. The zero-order valence-electron chi connectivity index (χ0n) is 9.21. The van der Waals surface area contributed by atoms with Crippen LogP contribution in [0.15, 0.2) is 4.42 Å². The Labute approximate surface area is 85.1 Å². The first-order valence-electron chi connectivity index (χ1n) is 5.24. The number of hydrogen-bond acceptors (Lipinski definition) is 4. The van der Waals surface area contributed by atoms with Gasteiger partial charge in [0.25, 0.3) is 0 Å². The quantitative estimate of drug-likeness (QED) is 0.706. The molecule has 1 aromatic heterocycles. The summed E-state index contributed by atoms with van der Waals surface area (Å²) in [4.78, 5) is 0. The highest BCUT2D eigenvalue weighted by atomic mass is 16.4. The van der Waals surface area contributed by atoms with Gasteiger partial charge in [-0.05, 0) is 18.9 Å². The predicted octanol–water partition coefficient (Wildman–Crippen LogP) is 1.77. The molecular weight excluding hydrogens is 178 g/mol. The number of aromatic nitrogens is 2. The van der Waals surface area contributed by atoms with Crippen molar-refractivity contribution >= 4 is 0 Å². The second-order valence-electron chi connectivity index (χ2n) is 3.86. The molecule has 1 aromatic rings. The minimum atomic E-state index is 0.562. The largest absolute Gasteiger partial charge is 0.424 e.